The molecule has 0 aromatic carbocycles. The fraction of sp³-hybridized carbons (Fsp3) is 0.786. The Kier molecular flexibility index (Phi) is 5.20. The van der Waals surface area contributed by atoms with Gasteiger partial charge >= 0.3 is 0 Å². The van der Waals surface area contributed by atoms with Crippen LogP contribution in [0.5, 0.6) is 0 Å². The van der Waals surface area contributed by atoms with Crippen LogP contribution in [-0.4, -0.2) is 46.9 Å². The lowest BCUT2D eigenvalue weighted by atomic mass is 10.0. The van der Waals surface area contributed by atoms with Gasteiger partial charge in [-0.1, -0.05) is 13.8 Å². The molecule has 0 radical (unpaired) electrons. The average molecular weight is 250 g/mol. The minimum atomic E-state index is 0.698. The van der Waals surface area contributed by atoms with Crippen LogP contribution in [0.15, 0.2) is 18.5 Å². The molecule has 0 unspecified atom stereocenters. The molecule has 0 saturated carbocycles. The number of hydrogen-bond acceptors (Lipinski definition) is 3. The van der Waals surface area contributed by atoms with E-state index in [1.807, 2.05) is 23.1 Å². The van der Waals surface area contributed by atoms with Gasteiger partial charge in [-0.2, -0.15) is 5.10 Å². The molecule has 0 bridgehead atoms. The van der Waals surface area contributed by atoms with Gasteiger partial charge in [-0.05, 0) is 37.9 Å². The molecule has 4 nitrogen and oxygen atoms in total. The van der Waals surface area contributed by atoms with Crippen molar-refractivity contribution in [2.75, 3.05) is 26.2 Å². The second-order valence-electron chi connectivity index (χ2n) is 5.69. The van der Waals surface area contributed by atoms with Crippen molar-refractivity contribution in [1.82, 2.24) is 20.0 Å². The van der Waals surface area contributed by atoms with Crippen molar-refractivity contribution in [2.45, 2.75) is 39.3 Å². The SMILES string of the molecule is CC(C)CN1CCC(NCCn2cccn2)CC1. The number of hydrogen-bond donors (Lipinski definition) is 1. The van der Waals surface area contributed by atoms with Gasteiger partial charge in [0.2, 0.25) is 0 Å². The predicted octanol–water partition coefficient (Wildman–Crippen LogP) is 1.59. The van der Waals surface area contributed by atoms with Crippen molar-refractivity contribution in [3.63, 3.8) is 0 Å². The summed E-state index contributed by atoms with van der Waals surface area (Å²) in [7, 11) is 0. The van der Waals surface area contributed by atoms with Gasteiger partial charge in [0.05, 0.1) is 6.54 Å². The van der Waals surface area contributed by atoms with E-state index in [4.69, 9.17) is 0 Å². The Morgan fingerprint density at radius 3 is 2.72 bits per heavy atom. The first-order valence-electron chi connectivity index (χ1n) is 7.17. The molecule has 1 saturated heterocycles. The normalized spacial score (nSPS) is 18.6. The van der Waals surface area contributed by atoms with Gasteiger partial charge < -0.3 is 10.2 Å². The second-order valence-corrected chi connectivity index (χ2v) is 5.69. The molecule has 1 fully saturated rings. The van der Waals surface area contributed by atoms with E-state index in [0.29, 0.717) is 6.04 Å². The first-order chi connectivity index (χ1) is 8.74. The van der Waals surface area contributed by atoms with Crippen LogP contribution in [0.4, 0.5) is 0 Å². The largest absolute Gasteiger partial charge is 0.312 e. The summed E-state index contributed by atoms with van der Waals surface area (Å²) < 4.78 is 1.99. The van der Waals surface area contributed by atoms with Gasteiger partial charge in [-0.15, -0.1) is 0 Å². The molecular formula is C14H26N4. The van der Waals surface area contributed by atoms with Crippen molar-refractivity contribution in [3.05, 3.63) is 18.5 Å². The third-order valence-corrected chi connectivity index (χ3v) is 3.54. The molecule has 0 amide bonds. The van der Waals surface area contributed by atoms with E-state index in [9.17, 15) is 0 Å². The van der Waals surface area contributed by atoms with Crippen molar-refractivity contribution in [1.29, 1.82) is 0 Å². The highest BCUT2D eigenvalue weighted by Gasteiger charge is 2.18. The Bertz CT molecular complexity index is 313. The van der Waals surface area contributed by atoms with E-state index in [-0.39, 0.29) is 0 Å². The summed E-state index contributed by atoms with van der Waals surface area (Å²) in [5, 5.41) is 7.86. The standard InChI is InChI=1S/C14H26N4/c1-13(2)12-17-9-4-14(5-10-17)15-7-11-18-8-3-6-16-18/h3,6,8,13-15H,4-5,7,9-12H2,1-2H3. The molecule has 2 heterocycles. The van der Waals surface area contributed by atoms with E-state index in [0.717, 1.165) is 19.0 Å². The molecular weight excluding hydrogens is 224 g/mol. The molecule has 102 valence electrons. The molecule has 2 rings (SSSR count). The van der Waals surface area contributed by atoms with E-state index >= 15 is 0 Å². The third kappa shape index (κ3) is 4.42. The quantitative estimate of drug-likeness (QED) is 0.832. The first-order valence-corrected chi connectivity index (χ1v) is 7.17. The maximum atomic E-state index is 4.21. The van der Waals surface area contributed by atoms with Crippen LogP contribution in [0.25, 0.3) is 0 Å². The molecule has 1 aliphatic rings. The Morgan fingerprint density at radius 1 is 1.33 bits per heavy atom. The fourth-order valence-corrected chi connectivity index (χ4v) is 2.65. The Morgan fingerprint density at radius 2 is 2.11 bits per heavy atom. The minimum absolute atomic E-state index is 0.698. The van der Waals surface area contributed by atoms with Gasteiger partial charge in [0, 0.05) is 31.5 Å². The Hall–Kier alpha value is -0.870. The van der Waals surface area contributed by atoms with Crippen LogP contribution < -0.4 is 5.32 Å². The van der Waals surface area contributed by atoms with Gasteiger partial charge in [0.1, 0.15) is 0 Å². The highest BCUT2D eigenvalue weighted by atomic mass is 15.3. The molecule has 1 aliphatic heterocycles. The molecule has 1 aromatic rings. The zero-order valence-corrected chi connectivity index (χ0v) is 11.7. The van der Waals surface area contributed by atoms with Crippen molar-refractivity contribution < 1.29 is 0 Å². The third-order valence-electron chi connectivity index (χ3n) is 3.54. The zero-order chi connectivity index (χ0) is 12.8. The van der Waals surface area contributed by atoms with Gasteiger partial charge in [-0.25, -0.2) is 0 Å². The summed E-state index contributed by atoms with van der Waals surface area (Å²) in [6.07, 6.45) is 6.43. The summed E-state index contributed by atoms with van der Waals surface area (Å²) in [4.78, 5) is 2.59. The number of nitrogens with zero attached hydrogens (tertiary/aromatic N) is 3. The van der Waals surface area contributed by atoms with Crippen molar-refractivity contribution in [2.24, 2.45) is 5.92 Å². The zero-order valence-electron chi connectivity index (χ0n) is 11.7. The van der Waals surface area contributed by atoms with Crippen LogP contribution in [0.3, 0.4) is 0 Å². The highest BCUT2D eigenvalue weighted by molar-refractivity contribution is 4.80. The lowest BCUT2D eigenvalue weighted by Gasteiger charge is -2.33. The van der Waals surface area contributed by atoms with Crippen LogP contribution in [0.2, 0.25) is 0 Å². The molecule has 4 heteroatoms. The maximum absolute atomic E-state index is 4.21. The topological polar surface area (TPSA) is 33.1 Å². The monoisotopic (exact) mass is 250 g/mol. The number of aromatic nitrogens is 2. The van der Waals surface area contributed by atoms with Gasteiger partial charge in [-0.3, -0.25) is 4.68 Å². The van der Waals surface area contributed by atoms with E-state index in [2.05, 4.69) is 29.2 Å². The minimum Gasteiger partial charge on any atom is -0.312 e. The second kappa shape index (κ2) is 6.90. The summed E-state index contributed by atoms with van der Waals surface area (Å²) in [5.41, 5.74) is 0. The van der Waals surface area contributed by atoms with Gasteiger partial charge in [0.25, 0.3) is 0 Å². The van der Waals surface area contributed by atoms with Crippen LogP contribution in [-0.2, 0) is 6.54 Å². The van der Waals surface area contributed by atoms with Crippen LogP contribution in [0, 0.1) is 5.92 Å². The highest BCUT2D eigenvalue weighted by Crippen LogP contribution is 2.11. The molecule has 1 N–H and O–H groups in total. The number of nitrogens with one attached hydrogen (secondary N) is 1. The van der Waals surface area contributed by atoms with E-state index in [1.165, 1.54) is 32.5 Å². The lowest BCUT2D eigenvalue weighted by Crippen LogP contribution is -2.44. The first kappa shape index (κ1) is 13.6. The van der Waals surface area contributed by atoms with E-state index in [1.54, 1.807) is 0 Å². The number of likely N-dealkylation sites (tertiary alicyclic amines) is 1. The average Bonchev–Trinajstić information content (AvgIpc) is 2.84. The molecule has 1 aromatic heterocycles. The summed E-state index contributed by atoms with van der Waals surface area (Å²) in [6.45, 7) is 10.3. The van der Waals surface area contributed by atoms with Crippen molar-refractivity contribution in [3.8, 4) is 0 Å². The molecule has 0 aliphatic carbocycles. The molecule has 0 spiro atoms. The summed E-state index contributed by atoms with van der Waals surface area (Å²) >= 11 is 0. The fourth-order valence-electron chi connectivity index (χ4n) is 2.65. The Labute approximate surface area is 110 Å². The van der Waals surface area contributed by atoms with Crippen molar-refractivity contribution >= 4 is 0 Å². The predicted molar refractivity (Wildman–Crippen MR) is 74.5 cm³/mol. The summed E-state index contributed by atoms with van der Waals surface area (Å²) in [6, 6.07) is 2.67. The van der Waals surface area contributed by atoms with Crippen LogP contribution >= 0.6 is 0 Å². The number of rotatable bonds is 6. The summed E-state index contributed by atoms with van der Waals surface area (Å²) in [5.74, 6) is 0.786. The van der Waals surface area contributed by atoms with E-state index < -0.39 is 0 Å². The van der Waals surface area contributed by atoms with Crippen LogP contribution in [0.1, 0.15) is 26.7 Å². The molecule has 0 atom stereocenters. The Balaban J connectivity index is 1.59. The maximum Gasteiger partial charge on any atom is 0.0534 e. The number of piperidine rings is 1. The molecule has 18 heavy (non-hydrogen) atoms. The smallest absolute Gasteiger partial charge is 0.0534 e. The lowest BCUT2D eigenvalue weighted by molar-refractivity contribution is 0.179. The van der Waals surface area contributed by atoms with Gasteiger partial charge in [0.15, 0.2) is 0 Å².